The summed E-state index contributed by atoms with van der Waals surface area (Å²) >= 11 is 0. The standard InChI is InChI=1S/C14H10FN3/c15-12-6-5-11(9-3-1-2-4-10(9)12)13-7-8-17-14(16)18-13/h1-8H,(H2,16,17,18). The molecule has 0 saturated heterocycles. The number of hydrogen-bond acceptors (Lipinski definition) is 3. The SMILES string of the molecule is Nc1nccc(-c2ccc(F)c3ccccc23)n1. The molecule has 0 spiro atoms. The van der Waals surface area contributed by atoms with E-state index in [1.54, 1.807) is 24.4 Å². The van der Waals surface area contributed by atoms with Crippen LogP contribution < -0.4 is 5.73 Å². The van der Waals surface area contributed by atoms with Gasteiger partial charge in [0.05, 0.1) is 5.69 Å². The van der Waals surface area contributed by atoms with Crippen molar-refractivity contribution in [1.82, 2.24) is 9.97 Å². The molecular formula is C14H10FN3. The van der Waals surface area contributed by atoms with Gasteiger partial charge in [-0.05, 0) is 23.6 Å². The molecule has 0 atom stereocenters. The molecule has 2 N–H and O–H groups in total. The van der Waals surface area contributed by atoms with Crippen LogP contribution in [0.15, 0.2) is 48.7 Å². The summed E-state index contributed by atoms with van der Waals surface area (Å²) in [5.74, 6) is -0.0303. The summed E-state index contributed by atoms with van der Waals surface area (Å²) in [6.45, 7) is 0. The fourth-order valence-corrected chi connectivity index (χ4v) is 2.01. The van der Waals surface area contributed by atoms with Gasteiger partial charge in [0, 0.05) is 17.1 Å². The number of hydrogen-bond donors (Lipinski definition) is 1. The van der Waals surface area contributed by atoms with Crippen LogP contribution in [-0.2, 0) is 0 Å². The monoisotopic (exact) mass is 239 g/mol. The van der Waals surface area contributed by atoms with Crippen molar-refractivity contribution < 1.29 is 4.39 Å². The Bertz CT molecular complexity index is 725. The first-order valence-electron chi connectivity index (χ1n) is 5.52. The third-order valence-corrected chi connectivity index (χ3v) is 2.82. The molecule has 1 heterocycles. The van der Waals surface area contributed by atoms with E-state index in [0.717, 1.165) is 10.9 Å². The fourth-order valence-electron chi connectivity index (χ4n) is 2.01. The molecule has 0 amide bonds. The van der Waals surface area contributed by atoms with Crippen LogP contribution in [-0.4, -0.2) is 9.97 Å². The van der Waals surface area contributed by atoms with Gasteiger partial charge in [-0.15, -0.1) is 0 Å². The second-order valence-corrected chi connectivity index (χ2v) is 3.94. The van der Waals surface area contributed by atoms with Crippen molar-refractivity contribution in [3.05, 3.63) is 54.5 Å². The first-order valence-corrected chi connectivity index (χ1v) is 5.52. The number of halogens is 1. The molecule has 3 aromatic rings. The van der Waals surface area contributed by atoms with Gasteiger partial charge in [0.15, 0.2) is 0 Å². The van der Waals surface area contributed by atoms with Crippen LogP contribution in [0.5, 0.6) is 0 Å². The Morgan fingerprint density at radius 3 is 2.50 bits per heavy atom. The van der Waals surface area contributed by atoms with Gasteiger partial charge in [-0.3, -0.25) is 0 Å². The molecule has 2 aromatic carbocycles. The van der Waals surface area contributed by atoms with Crippen molar-refractivity contribution in [2.75, 3.05) is 5.73 Å². The molecule has 1 aromatic heterocycles. The Kier molecular flexibility index (Phi) is 2.41. The van der Waals surface area contributed by atoms with E-state index >= 15 is 0 Å². The van der Waals surface area contributed by atoms with E-state index in [1.807, 2.05) is 18.2 Å². The van der Waals surface area contributed by atoms with E-state index < -0.39 is 0 Å². The molecule has 18 heavy (non-hydrogen) atoms. The summed E-state index contributed by atoms with van der Waals surface area (Å²) in [5.41, 5.74) is 7.12. The van der Waals surface area contributed by atoms with E-state index in [0.29, 0.717) is 11.1 Å². The molecule has 0 aliphatic heterocycles. The van der Waals surface area contributed by atoms with Gasteiger partial charge < -0.3 is 5.73 Å². The number of nitrogens with zero attached hydrogens (tertiary/aromatic N) is 2. The summed E-state index contributed by atoms with van der Waals surface area (Å²) < 4.78 is 13.7. The molecule has 4 heteroatoms. The molecule has 3 nitrogen and oxygen atoms in total. The average molecular weight is 239 g/mol. The number of nitrogen functional groups attached to an aromatic ring is 1. The number of rotatable bonds is 1. The predicted molar refractivity (Wildman–Crippen MR) is 69.3 cm³/mol. The van der Waals surface area contributed by atoms with Gasteiger partial charge in [-0.2, -0.15) is 0 Å². The topological polar surface area (TPSA) is 51.8 Å². The van der Waals surface area contributed by atoms with Crippen LogP contribution in [0.4, 0.5) is 10.3 Å². The Morgan fingerprint density at radius 2 is 1.72 bits per heavy atom. The van der Waals surface area contributed by atoms with Gasteiger partial charge in [-0.25, -0.2) is 14.4 Å². The largest absolute Gasteiger partial charge is 0.368 e. The maximum absolute atomic E-state index is 13.7. The first kappa shape index (κ1) is 10.7. The normalized spacial score (nSPS) is 10.7. The Labute approximate surface area is 103 Å². The van der Waals surface area contributed by atoms with E-state index in [9.17, 15) is 4.39 Å². The highest BCUT2D eigenvalue weighted by molar-refractivity contribution is 5.96. The Morgan fingerprint density at radius 1 is 0.944 bits per heavy atom. The molecule has 0 bridgehead atoms. The quantitative estimate of drug-likeness (QED) is 0.710. The molecule has 3 rings (SSSR count). The highest BCUT2D eigenvalue weighted by Crippen LogP contribution is 2.28. The van der Waals surface area contributed by atoms with Gasteiger partial charge in [0.1, 0.15) is 5.82 Å². The maximum atomic E-state index is 13.7. The average Bonchev–Trinajstić information content (AvgIpc) is 2.39. The van der Waals surface area contributed by atoms with Crippen LogP contribution >= 0.6 is 0 Å². The molecule has 0 unspecified atom stereocenters. The zero-order valence-electron chi connectivity index (χ0n) is 9.47. The third kappa shape index (κ3) is 1.68. The third-order valence-electron chi connectivity index (χ3n) is 2.82. The lowest BCUT2D eigenvalue weighted by Gasteiger charge is -2.07. The van der Waals surface area contributed by atoms with Gasteiger partial charge in [0.25, 0.3) is 0 Å². The highest BCUT2D eigenvalue weighted by Gasteiger charge is 2.08. The Balaban J connectivity index is 2.33. The molecule has 0 aliphatic carbocycles. The van der Waals surface area contributed by atoms with Crippen LogP contribution in [0.1, 0.15) is 0 Å². The number of nitrogens with two attached hydrogens (primary N) is 1. The van der Waals surface area contributed by atoms with Crippen molar-refractivity contribution in [2.24, 2.45) is 0 Å². The number of fused-ring (bicyclic) bond motifs is 1. The van der Waals surface area contributed by atoms with Crippen LogP contribution in [0.25, 0.3) is 22.0 Å². The smallest absolute Gasteiger partial charge is 0.220 e. The Hall–Kier alpha value is -2.49. The van der Waals surface area contributed by atoms with Crippen molar-refractivity contribution in [3.63, 3.8) is 0 Å². The lowest BCUT2D eigenvalue weighted by Crippen LogP contribution is -1.95. The molecule has 0 radical (unpaired) electrons. The van der Waals surface area contributed by atoms with Crippen molar-refractivity contribution in [1.29, 1.82) is 0 Å². The lowest BCUT2D eigenvalue weighted by atomic mass is 10.0. The van der Waals surface area contributed by atoms with Gasteiger partial charge in [-0.1, -0.05) is 24.3 Å². The molecule has 0 aliphatic rings. The van der Waals surface area contributed by atoms with E-state index in [4.69, 9.17) is 5.73 Å². The number of benzene rings is 2. The predicted octanol–water partition coefficient (Wildman–Crippen LogP) is 3.02. The number of anilines is 1. The molecular weight excluding hydrogens is 229 g/mol. The summed E-state index contributed by atoms with van der Waals surface area (Å²) in [7, 11) is 0. The minimum absolute atomic E-state index is 0.209. The zero-order chi connectivity index (χ0) is 12.5. The summed E-state index contributed by atoms with van der Waals surface area (Å²) in [6.07, 6.45) is 1.59. The molecule has 0 fully saturated rings. The van der Waals surface area contributed by atoms with Crippen molar-refractivity contribution >= 4 is 16.7 Å². The second-order valence-electron chi connectivity index (χ2n) is 3.94. The second kappa shape index (κ2) is 4.07. The zero-order valence-corrected chi connectivity index (χ0v) is 9.47. The summed E-state index contributed by atoms with van der Waals surface area (Å²) in [6, 6.07) is 12.2. The number of aromatic nitrogens is 2. The lowest BCUT2D eigenvalue weighted by molar-refractivity contribution is 0.640. The van der Waals surface area contributed by atoms with E-state index in [2.05, 4.69) is 9.97 Å². The minimum atomic E-state index is -0.239. The van der Waals surface area contributed by atoms with E-state index in [-0.39, 0.29) is 11.8 Å². The summed E-state index contributed by atoms with van der Waals surface area (Å²) in [4.78, 5) is 8.02. The summed E-state index contributed by atoms with van der Waals surface area (Å²) in [5, 5.41) is 1.39. The maximum Gasteiger partial charge on any atom is 0.220 e. The van der Waals surface area contributed by atoms with Gasteiger partial charge in [0.2, 0.25) is 5.95 Å². The van der Waals surface area contributed by atoms with Crippen molar-refractivity contribution in [3.8, 4) is 11.3 Å². The van der Waals surface area contributed by atoms with Crippen molar-refractivity contribution in [2.45, 2.75) is 0 Å². The minimum Gasteiger partial charge on any atom is -0.368 e. The first-order chi connectivity index (χ1) is 8.75. The van der Waals surface area contributed by atoms with Crippen LogP contribution in [0.2, 0.25) is 0 Å². The highest BCUT2D eigenvalue weighted by atomic mass is 19.1. The molecule has 88 valence electrons. The van der Waals surface area contributed by atoms with Gasteiger partial charge >= 0.3 is 0 Å². The molecule has 0 saturated carbocycles. The van der Waals surface area contributed by atoms with Crippen LogP contribution in [0, 0.1) is 5.82 Å². The fraction of sp³-hybridized carbons (Fsp3) is 0. The van der Waals surface area contributed by atoms with E-state index in [1.165, 1.54) is 6.07 Å². The van der Waals surface area contributed by atoms with Crippen LogP contribution in [0.3, 0.4) is 0 Å².